The molecule has 0 aliphatic carbocycles. The predicted molar refractivity (Wildman–Crippen MR) is 268 cm³/mol. The number of hydrogen-bond donors (Lipinski definition) is 6. The minimum absolute atomic E-state index is 0. The molecule has 2 saturated heterocycles. The molecule has 0 saturated carbocycles. The molecule has 8 N–H and O–H groups in total. The molecule has 22 heteroatoms. The number of carbonyl (C=O) groups excluding carboxylic acids is 2. The first-order valence-corrected chi connectivity index (χ1v) is 22.6. The maximum atomic E-state index is 15.4. The fraction of sp³-hybridized carbons (Fsp3) is 0.375. The van der Waals surface area contributed by atoms with Crippen LogP contribution in [0.4, 0.5) is 52.8 Å². The Balaban J connectivity index is 0.000000201. The van der Waals surface area contributed by atoms with Crippen LogP contribution in [0, 0.1) is 23.5 Å². The van der Waals surface area contributed by atoms with Crippen molar-refractivity contribution in [1.82, 2.24) is 19.9 Å². The summed E-state index contributed by atoms with van der Waals surface area (Å²) in [5.74, 6) is 0.729. The van der Waals surface area contributed by atoms with Crippen LogP contribution in [0.25, 0.3) is 43.8 Å². The van der Waals surface area contributed by atoms with Gasteiger partial charge < -0.3 is 50.5 Å². The largest absolute Gasteiger partial charge is 0.474 e. The SMILES string of the molecule is CCc1c(-c2cc3cc(NC(=O)O[C@@H]4COC[C@H]4C)ncc3c(N)c2F)cnc2c1NCCO2.CCc1c(-c2cc3cc(NC(=O)O[C@H]4COC[C@@H]4C)ncc3c(N)c2F)cnc2c1NCCO2.Cl.Cl. The number of halogens is 4. The molecule has 6 aromatic rings. The van der Waals surface area contributed by atoms with Crippen LogP contribution in [0.1, 0.15) is 38.8 Å². The Labute approximate surface area is 414 Å². The topological polar surface area (TPSA) is 241 Å². The quantitative estimate of drug-likeness (QED) is 0.0781. The molecule has 2 fully saturated rings. The number of ether oxygens (including phenoxy) is 6. The Hall–Kier alpha value is -6.74. The van der Waals surface area contributed by atoms with Crippen LogP contribution in [0.2, 0.25) is 0 Å². The third-order valence-corrected chi connectivity index (χ3v) is 12.4. The van der Waals surface area contributed by atoms with Gasteiger partial charge in [0.05, 0.1) is 37.8 Å². The lowest BCUT2D eigenvalue weighted by Gasteiger charge is -2.23. The van der Waals surface area contributed by atoms with Crippen LogP contribution in [0.3, 0.4) is 0 Å². The summed E-state index contributed by atoms with van der Waals surface area (Å²) >= 11 is 0. The number of rotatable bonds is 8. The van der Waals surface area contributed by atoms with Crippen molar-refractivity contribution in [3.05, 3.63) is 71.8 Å². The lowest BCUT2D eigenvalue weighted by Crippen LogP contribution is -2.27. The average molecular weight is 1010 g/mol. The van der Waals surface area contributed by atoms with Crippen LogP contribution in [0.15, 0.2) is 49.1 Å². The molecule has 4 aromatic heterocycles. The lowest BCUT2D eigenvalue weighted by molar-refractivity contribution is 0.0839. The minimum Gasteiger partial charge on any atom is -0.474 e. The van der Waals surface area contributed by atoms with Gasteiger partial charge in [0.1, 0.15) is 48.4 Å². The van der Waals surface area contributed by atoms with Gasteiger partial charge in [0, 0.05) is 82.7 Å². The van der Waals surface area contributed by atoms with E-state index in [0.29, 0.717) is 121 Å². The fourth-order valence-corrected chi connectivity index (χ4v) is 8.74. The van der Waals surface area contributed by atoms with Crippen LogP contribution in [-0.2, 0) is 31.8 Å². The van der Waals surface area contributed by atoms with Crippen LogP contribution in [-0.4, -0.2) is 97.1 Å². The number of fused-ring (bicyclic) bond motifs is 4. The Morgan fingerprint density at radius 1 is 0.643 bits per heavy atom. The second-order valence-electron chi connectivity index (χ2n) is 17.0. The Morgan fingerprint density at radius 3 is 1.43 bits per heavy atom. The highest BCUT2D eigenvalue weighted by Crippen LogP contribution is 2.42. The van der Waals surface area contributed by atoms with E-state index in [2.05, 4.69) is 41.2 Å². The van der Waals surface area contributed by atoms with Crippen LogP contribution in [0.5, 0.6) is 11.8 Å². The van der Waals surface area contributed by atoms with Crippen molar-refractivity contribution in [2.75, 3.05) is 85.5 Å². The second-order valence-corrected chi connectivity index (χ2v) is 17.0. The van der Waals surface area contributed by atoms with E-state index in [9.17, 15) is 9.59 Å². The molecule has 2 aromatic carbocycles. The van der Waals surface area contributed by atoms with E-state index in [-0.39, 0.29) is 71.9 Å². The lowest BCUT2D eigenvalue weighted by atomic mass is 9.95. The predicted octanol–water partition coefficient (Wildman–Crippen LogP) is 8.78. The van der Waals surface area contributed by atoms with Crippen molar-refractivity contribution >= 4 is 92.9 Å². The molecule has 18 nitrogen and oxygen atoms in total. The highest BCUT2D eigenvalue weighted by molar-refractivity contribution is 6.01. The Bertz CT molecular complexity index is 2740. The molecule has 70 heavy (non-hydrogen) atoms. The zero-order chi connectivity index (χ0) is 47.6. The number of aromatic nitrogens is 4. The van der Waals surface area contributed by atoms with Gasteiger partial charge in [-0.3, -0.25) is 10.6 Å². The van der Waals surface area contributed by atoms with Gasteiger partial charge in [0.15, 0.2) is 11.6 Å². The summed E-state index contributed by atoms with van der Waals surface area (Å²) in [4.78, 5) is 41.8. The molecule has 2 amide bonds. The van der Waals surface area contributed by atoms with E-state index >= 15 is 8.78 Å². The van der Waals surface area contributed by atoms with Crippen molar-refractivity contribution in [1.29, 1.82) is 0 Å². The van der Waals surface area contributed by atoms with Gasteiger partial charge in [-0.05, 0) is 59.0 Å². The second kappa shape index (κ2) is 21.9. The standard InChI is InChI=1S/2C24H26FN5O4.2ClH/c2*1-3-14-17(9-29-23-22(14)27-4-5-33-23)15-6-13-7-19(28-8-16(13)21(26)20(15)25)30-24(31)34-18-11-32-10-12(18)2;;/h2*6-9,12,18,27H,3-5,10-11,26H2,1-2H3,(H,28,30,31);2*1H/t2*12-,18-;;/m10../s1. The summed E-state index contributed by atoms with van der Waals surface area (Å²) in [5.41, 5.74) is 17.5. The first kappa shape index (κ1) is 51.1. The van der Waals surface area contributed by atoms with Gasteiger partial charge in [-0.1, -0.05) is 27.7 Å². The van der Waals surface area contributed by atoms with E-state index in [4.69, 9.17) is 39.9 Å². The molecule has 0 bridgehead atoms. The Kier molecular flexibility index (Phi) is 16.0. The number of amides is 2. The molecule has 4 atom stereocenters. The van der Waals surface area contributed by atoms with E-state index < -0.39 is 23.8 Å². The van der Waals surface area contributed by atoms with E-state index in [1.165, 1.54) is 12.4 Å². The number of nitrogens with zero attached hydrogens (tertiary/aromatic N) is 4. The molecule has 0 spiro atoms. The third-order valence-electron chi connectivity index (χ3n) is 12.4. The maximum Gasteiger partial charge on any atom is 0.413 e. The smallest absolute Gasteiger partial charge is 0.413 e. The number of hydrogen-bond acceptors (Lipinski definition) is 16. The first-order chi connectivity index (χ1) is 32.9. The Morgan fingerprint density at radius 2 is 1.06 bits per heavy atom. The summed E-state index contributed by atoms with van der Waals surface area (Å²) in [6, 6.07) is 6.67. The van der Waals surface area contributed by atoms with E-state index in [0.717, 1.165) is 22.5 Å². The van der Waals surface area contributed by atoms with Crippen molar-refractivity contribution in [2.45, 2.75) is 52.7 Å². The van der Waals surface area contributed by atoms with Crippen molar-refractivity contribution in [3.8, 4) is 34.0 Å². The van der Waals surface area contributed by atoms with Crippen molar-refractivity contribution < 1.29 is 46.8 Å². The molecule has 8 heterocycles. The average Bonchev–Trinajstić information content (AvgIpc) is 3.95. The zero-order valence-electron chi connectivity index (χ0n) is 38.8. The molecule has 0 unspecified atom stereocenters. The molecule has 372 valence electrons. The van der Waals surface area contributed by atoms with Gasteiger partial charge in [0.25, 0.3) is 0 Å². The van der Waals surface area contributed by atoms with Crippen molar-refractivity contribution in [2.24, 2.45) is 11.8 Å². The summed E-state index contributed by atoms with van der Waals surface area (Å²) in [6.07, 6.45) is 5.53. The maximum absolute atomic E-state index is 15.4. The monoisotopic (exact) mass is 1010 g/mol. The van der Waals surface area contributed by atoms with Gasteiger partial charge in [-0.15, -0.1) is 24.8 Å². The van der Waals surface area contributed by atoms with Crippen molar-refractivity contribution in [3.63, 3.8) is 0 Å². The normalized spacial score (nSPS) is 18.7. The third kappa shape index (κ3) is 10.3. The summed E-state index contributed by atoms with van der Waals surface area (Å²) < 4.78 is 63.6. The number of anilines is 6. The van der Waals surface area contributed by atoms with Gasteiger partial charge >= 0.3 is 12.2 Å². The number of pyridine rings is 4. The van der Waals surface area contributed by atoms with E-state index in [1.807, 2.05) is 27.7 Å². The number of nitrogens with two attached hydrogens (primary N) is 2. The van der Waals surface area contributed by atoms with Crippen LogP contribution >= 0.6 is 24.8 Å². The number of nitrogens with one attached hydrogen (secondary N) is 4. The minimum atomic E-state index is -0.622. The molecular formula is C48H54Cl2F2N10O8. The first-order valence-electron chi connectivity index (χ1n) is 22.6. The van der Waals surface area contributed by atoms with Gasteiger partial charge in [0.2, 0.25) is 11.8 Å². The number of nitrogen functional groups attached to an aromatic ring is 2. The molecule has 4 aliphatic heterocycles. The zero-order valence-corrected chi connectivity index (χ0v) is 40.4. The van der Waals surface area contributed by atoms with E-state index in [1.54, 1.807) is 36.7 Å². The summed E-state index contributed by atoms with van der Waals surface area (Å²) in [7, 11) is 0. The van der Waals surface area contributed by atoms with Gasteiger partial charge in [-0.2, -0.15) is 0 Å². The fourth-order valence-electron chi connectivity index (χ4n) is 8.74. The summed E-state index contributed by atoms with van der Waals surface area (Å²) in [6.45, 7) is 12.1. The van der Waals surface area contributed by atoms with Crippen LogP contribution < -0.4 is 42.2 Å². The highest BCUT2D eigenvalue weighted by Gasteiger charge is 2.30. The van der Waals surface area contributed by atoms with Gasteiger partial charge in [-0.25, -0.2) is 38.3 Å². The molecule has 0 radical (unpaired) electrons. The molecular weight excluding hydrogens is 953 g/mol. The highest BCUT2D eigenvalue weighted by atomic mass is 35.5. The molecule has 10 rings (SSSR count). The molecule has 4 aliphatic rings. The summed E-state index contributed by atoms with van der Waals surface area (Å²) in [5, 5.41) is 14.0. The number of benzene rings is 2. The number of carbonyl (C=O) groups is 2.